The van der Waals surface area contributed by atoms with E-state index < -0.39 is 11.6 Å². The molecule has 1 aliphatic carbocycles. The van der Waals surface area contributed by atoms with E-state index in [0.29, 0.717) is 35.3 Å². The lowest BCUT2D eigenvalue weighted by atomic mass is 9.83. The zero-order valence-electron chi connectivity index (χ0n) is 23.1. The highest BCUT2D eigenvalue weighted by Crippen LogP contribution is 2.30. The number of halogens is 2. The maximum atomic E-state index is 13.9. The minimum atomic E-state index is -0.934. The number of hydrogen-bond acceptors (Lipinski definition) is 4. The number of piperidine rings is 1. The summed E-state index contributed by atoms with van der Waals surface area (Å²) in [6.45, 7) is 3.33. The number of benzene rings is 1. The molecule has 2 fully saturated rings. The van der Waals surface area contributed by atoms with E-state index in [9.17, 15) is 18.4 Å². The summed E-state index contributed by atoms with van der Waals surface area (Å²) in [4.78, 5) is 30.8. The molecule has 3 heterocycles. The Hall–Kier alpha value is -2.78. The fourth-order valence-corrected chi connectivity index (χ4v) is 6.59. The molecule has 2 aliphatic heterocycles. The van der Waals surface area contributed by atoms with Gasteiger partial charge in [0.25, 0.3) is 5.91 Å². The lowest BCUT2D eigenvalue weighted by Gasteiger charge is -2.39. The molecule has 0 bridgehead atoms. The van der Waals surface area contributed by atoms with Gasteiger partial charge in [0.15, 0.2) is 11.6 Å². The van der Waals surface area contributed by atoms with Crippen LogP contribution in [0.1, 0.15) is 67.9 Å². The number of aromatic nitrogens is 1. The Morgan fingerprint density at radius 3 is 2.49 bits per heavy atom. The van der Waals surface area contributed by atoms with Gasteiger partial charge in [0.05, 0.1) is 6.04 Å². The van der Waals surface area contributed by atoms with Crippen LogP contribution in [0.5, 0.6) is 0 Å². The van der Waals surface area contributed by atoms with Gasteiger partial charge in [-0.2, -0.15) is 0 Å². The summed E-state index contributed by atoms with van der Waals surface area (Å²) >= 11 is 0. The first-order valence-corrected chi connectivity index (χ1v) is 14.4. The number of hydrogen-bond donors (Lipinski definition) is 2. The van der Waals surface area contributed by atoms with Crippen LogP contribution in [0.2, 0.25) is 0 Å². The first kappa shape index (κ1) is 27.8. The van der Waals surface area contributed by atoms with Crippen molar-refractivity contribution < 1.29 is 18.4 Å². The summed E-state index contributed by atoms with van der Waals surface area (Å²) in [6, 6.07) is 5.88. The van der Waals surface area contributed by atoms with Crippen LogP contribution in [-0.2, 0) is 4.79 Å². The van der Waals surface area contributed by atoms with Gasteiger partial charge in [-0.15, -0.1) is 0 Å². The van der Waals surface area contributed by atoms with Crippen LogP contribution in [0.4, 0.5) is 8.78 Å². The molecular weight excluding hydrogens is 500 g/mol. The molecule has 0 radical (unpaired) electrons. The van der Waals surface area contributed by atoms with Crippen LogP contribution in [0.15, 0.2) is 30.5 Å². The Balaban J connectivity index is 1.27. The largest absolute Gasteiger partial charge is 0.352 e. The molecule has 1 aromatic heterocycles. The average molecular weight is 542 g/mol. The molecule has 1 saturated heterocycles. The molecule has 1 aromatic carbocycles. The lowest BCUT2D eigenvalue weighted by Crippen LogP contribution is -2.52. The van der Waals surface area contributed by atoms with Crippen molar-refractivity contribution in [3.63, 3.8) is 0 Å². The van der Waals surface area contributed by atoms with E-state index in [2.05, 4.69) is 34.5 Å². The molecule has 7 nitrogen and oxygen atoms in total. The summed E-state index contributed by atoms with van der Waals surface area (Å²) in [5.74, 6) is -1.60. The molecular formula is C30H41F2N5O2. The standard InChI is InChI=1S/C30H41F2N5O2/c1-35(2)23-10-12-36(13-11-23)19-27(20-6-4-3-5-7-20)34-29(38)16-24-17-33-30(39)28-15-22(18-37(24)28)21-8-9-25(31)26(32)14-21/h8-9,14-15,18,20,23-24,27H,3-7,10-13,16-17,19H2,1-2H3,(H,33,39)(H,34,38)/t24-,27-/m1/s1. The molecule has 2 amide bonds. The van der Waals surface area contributed by atoms with Crippen molar-refractivity contribution in [1.82, 2.24) is 25.0 Å². The van der Waals surface area contributed by atoms with Gasteiger partial charge in [-0.05, 0) is 82.5 Å². The third-order valence-electron chi connectivity index (χ3n) is 8.95. The topological polar surface area (TPSA) is 69.6 Å². The van der Waals surface area contributed by atoms with Gasteiger partial charge in [-0.1, -0.05) is 25.3 Å². The van der Waals surface area contributed by atoms with Crippen molar-refractivity contribution in [3.8, 4) is 11.1 Å². The Kier molecular flexibility index (Phi) is 8.67. The second-order valence-electron chi connectivity index (χ2n) is 11.8. The summed E-state index contributed by atoms with van der Waals surface area (Å²) < 4.78 is 29.1. The Morgan fingerprint density at radius 2 is 1.79 bits per heavy atom. The molecule has 0 unspecified atom stereocenters. The van der Waals surface area contributed by atoms with E-state index in [1.54, 1.807) is 12.3 Å². The SMILES string of the molecule is CN(C)C1CCN(C[C@@H](NC(=O)C[C@@H]2CNC(=O)c3cc(-c4ccc(F)c(F)c4)cn32)C2CCCCC2)CC1. The molecule has 2 atom stereocenters. The van der Waals surface area contributed by atoms with Crippen LogP contribution < -0.4 is 10.6 Å². The van der Waals surface area contributed by atoms with Crippen LogP contribution in [-0.4, -0.2) is 78.5 Å². The zero-order valence-corrected chi connectivity index (χ0v) is 23.1. The minimum absolute atomic E-state index is 0.0103. The Labute approximate surface area is 229 Å². The van der Waals surface area contributed by atoms with E-state index in [-0.39, 0.29) is 30.3 Å². The number of carbonyl (C=O) groups is 2. The number of likely N-dealkylation sites (tertiary alicyclic amines) is 1. The first-order chi connectivity index (χ1) is 18.8. The Bertz CT molecular complexity index is 1170. The van der Waals surface area contributed by atoms with E-state index in [1.165, 1.54) is 25.3 Å². The van der Waals surface area contributed by atoms with Gasteiger partial charge in [0, 0.05) is 43.4 Å². The second kappa shape index (κ2) is 12.2. The molecule has 9 heteroatoms. The van der Waals surface area contributed by atoms with Gasteiger partial charge >= 0.3 is 0 Å². The number of nitrogens with zero attached hydrogens (tertiary/aromatic N) is 3. The van der Waals surface area contributed by atoms with Crippen LogP contribution in [0, 0.1) is 17.6 Å². The zero-order chi connectivity index (χ0) is 27.5. The van der Waals surface area contributed by atoms with E-state index in [1.807, 2.05) is 4.57 Å². The number of carbonyl (C=O) groups excluding carboxylic acids is 2. The highest BCUT2D eigenvalue weighted by Gasteiger charge is 2.32. The van der Waals surface area contributed by atoms with Crippen LogP contribution in [0.25, 0.3) is 11.1 Å². The van der Waals surface area contributed by atoms with E-state index >= 15 is 0 Å². The molecule has 2 N–H and O–H groups in total. The predicted molar refractivity (Wildman–Crippen MR) is 147 cm³/mol. The van der Waals surface area contributed by atoms with Crippen molar-refractivity contribution in [2.45, 2.75) is 69.5 Å². The summed E-state index contributed by atoms with van der Waals surface area (Å²) in [7, 11) is 4.30. The van der Waals surface area contributed by atoms with Crippen molar-refractivity contribution in [2.24, 2.45) is 5.92 Å². The highest BCUT2D eigenvalue weighted by molar-refractivity contribution is 5.95. The summed E-state index contributed by atoms with van der Waals surface area (Å²) in [5, 5.41) is 6.29. The predicted octanol–water partition coefficient (Wildman–Crippen LogP) is 4.20. The van der Waals surface area contributed by atoms with Crippen LogP contribution in [0.3, 0.4) is 0 Å². The molecule has 212 valence electrons. The molecule has 5 rings (SSSR count). The number of amides is 2. The molecule has 0 spiro atoms. The highest BCUT2D eigenvalue weighted by atomic mass is 19.2. The monoisotopic (exact) mass is 541 g/mol. The van der Waals surface area contributed by atoms with E-state index in [0.717, 1.165) is 57.5 Å². The first-order valence-electron chi connectivity index (χ1n) is 14.4. The quantitative estimate of drug-likeness (QED) is 0.526. The van der Waals surface area contributed by atoms with E-state index in [4.69, 9.17) is 0 Å². The summed E-state index contributed by atoms with van der Waals surface area (Å²) in [5.41, 5.74) is 1.53. The van der Waals surface area contributed by atoms with Gasteiger partial charge in [-0.3, -0.25) is 9.59 Å². The maximum absolute atomic E-state index is 13.9. The average Bonchev–Trinajstić information content (AvgIpc) is 3.39. The van der Waals surface area contributed by atoms with Gasteiger partial charge in [-0.25, -0.2) is 8.78 Å². The van der Waals surface area contributed by atoms with Crippen molar-refractivity contribution >= 4 is 11.8 Å². The van der Waals surface area contributed by atoms with Crippen molar-refractivity contribution in [3.05, 3.63) is 47.8 Å². The summed E-state index contributed by atoms with van der Waals surface area (Å²) in [6.07, 6.45) is 10.3. The smallest absolute Gasteiger partial charge is 0.268 e. The van der Waals surface area contributed by atoms with Crippen molar-refractivity contribution in [1.29, 1.82) is 0 Å². The van der Waals surface area contributed by atoms with Crippen LogP contribution >= 0.6 is 0 Å². The molecule has 1 saturated carbocycles. The van der Waals surface area contributed by atoms with Gasteiger partial charge < -0.3 is 25.0 Å². The van der Waals surface area contributed by atoms with Gasteiger partial charge in [0.1, 0.15) is 5.69 Å². The van der Waals surface area contributed by atoms with Crippen molar-refractivity contribution in [2.75, 3.05) is 40.3 Å². The second-order valence-corrected chi connectivity index (χ2v) is 11.8. The fourth-order valence-electron chi connectivity index (χ4n) is 6.59. The van der Waals surface area contributed by atoms with Gasteiger partial charge in [0.2, 0.25) is 5.91 Å². The molecule has 2 aromatic rings. The number of rotatable bonds is 8. The third-order valence-corrected chi connectivity index (χ3v) is 8.95. The molecule has 39 heavy (non-hydrogen) atoms. The normalized spacial score (nSPS) is 22.0. The lowest BCUT2D eigenvalue weighted by molar-refractivity contribution is -0.123. The Morgan fingerprint density at radius 1 is 1.05 bits per heavy atom. The minimum Gasteiger partial charge on any atom is -0.352 e. The maximum Gasteiger partial charge on any atom is 0.268 e. The molecule has 3 aliphatic rings. The number of nitrogens with one attached hydrogen (secondary N) is 2. The third kappa shape index (κ3) is 6.52. The number of fused-ring (bicyclic) bond motifs is 1. The fraction of sp³-hybridized carbons (Fsp3) is 0.600.